The fourth-order valence-electron chi connectivity index (χ4n) is 4.68. The second-order valence-corrected chi connectivity index (χ2v) is 8.94. The van der Waals surface area contributed by atoms with Crippen molar-refractivity contribution in [3.63, 3.8) is 0 Å². The van der Waals surface area contributed by atoms with Crippen molar-refractivity contribution in [1.82, 2.24) is 24.1 Å². The van der Waals surface area contributed by atoms with Gasteiger partial charge in [-0.05, 0) is 17.2 Å². The number of hydrazine groups is 1. The van der Waals surface area contributed by atoms with Crippen LogP contribution in [0.1, 0.15) is 5.69 Å². The standard InChI is InChI=1S/C26H24F3N5O3/c1-31-14-21(18-11-23(36)33(8-9-35)15-20(18)16-6-4-3-5-7-16)19-10-22(30-24(19)25(31)37)17-12-32(2)34(13-17)26(27,28)29/h3-7,10-11,13-15,30,35H,8-9,12H2,1-2H3. The molecule has 0 saturated heterocycles. The van der Waals surface area contributed by atoms with Crippen LogP contribution >= 0.6 is 0 Å². The molecule has 2 N–H and O–H groups in total. The fourth-order valence-corrected chi connectivity index (χ4v) is 4.68. The van der Waals surface area contributed by atoms with Crippen molar-refractivity contribution in [3.8, 4) is 22.3 Å². The quantitative estimate of drug-likeness (QED) is 0.402. The molecule has 0 bridgehead atoms. The maximum absolute atomic E-state index is 13.4. The molecule has 1 aliphatic rings. The van der Waals surface area contributed by atoms with Gasteiger partial charge < -0.3 is 19.2 Å². The molecule has 37 heavy (non-hydrogen) atoms. The molecule has 0 unspecified atom stereocenters. The first kappa shape index (κ1) is 24.6. The highest BCUT2D eigenvalue weighted by atomic mass is 19.4. The largest absolute Gasteiger partial charge is 0.498 e. The summed E-state index contributed by atoms with van der Waals surface area (Å²) in [6.07, 6.45) is -0.284. The zero-order valence-electron chi connectivity index (χ0n) is 20.1. The predicted molar refractivity (Wildman–Crippen MR) is 134 cm³/mol. The molecule has 192 valence electrons. The van der Waals surface area contributed by atoms with E-state index < -0.39 is 6.30 Å². The number of benzene rings is 1. The minimum absolute atomic E-state index is 0.00551. The van der Waals surface area contributed by atoms with Crippen molar-refractivity contribution in [2.24, 2.45) is 7.05 Å². The Labute approximate surface area is 209 Å². The van der Waals surface area contributed by atoms with E-state index >= 15 is 0 Å². The van der Waals surface area contributed by atoms with E-state index in [1.807, 2.05) is 30.3 Å². The Morgan fingerprint density at radius 2 is 1.73 bits per heavy atom. The van der Waals surface area contributed by atoms with Gasteiger partial charge in [0.1, 0.15) is 5.52 Å². The van der Waals surface area contributed by atoms with E-state index in [1.54, 1.807) is 25.5 Å². The van der Waals surface area contributed by atoms with Crippen molar-refractivity contribution in [1.29, 1.82) is 0 Å². The lowest BCUT2D eigenvalue weighted by Crippen LogP contribution is -2.42. The first-order valence-corrected chi connectivity index (χ1v) is 11.5. The molecule has 0 amide bonds. The van der Waals surface area contributed by atoms with Gasteiger partial charge >= 0.3 is 6.30 Å². The monoisotopic (exact) mass is 511 g/mol. The minimum Gasteiger partial charge on any atom is -0.395 e. The SMILES string of the molecule is CN1CC(c2cc3c(-c4cc(=O)n(CCO)cc4-c4ccccc4)cn(C)c(=O)c3[nH]2)=CN1C(F)(F)F. The van der Waals surface area contributed by atoms with Gasteiger partial charge in [0.2, 0.25) is 0 Å². The second kappa shape index (κ2) is 9.09. The van der Waals surface area contributed by atoms with E-state index in [9.17, 15) is 27.9 Å². The van der Waals surface area contributed by atoms with Crippen molar-refractivity contribution in [2.75, 3.05) is 20.2 Å². The van der Waals surface area contributed by atoms with Gasteiger partial charge in [0, 0.05) is 79.6 Å². The van der Waals surface area contributed by atoms with E-state index in [4.69, 9.17) is 0 Å². The summed E-state index contributed by atoms with van der Waals surface area (Å²) in [5.41, 5.74) is 2.96. The number of hydrogen-bond donors (Lipinski definition) is 2. The molecule has 1 aliphatic heterocycles. The van der Waals surface area contributed by atoms with Crippen molar-refractivity contribution in [3.05, 3.63) is 87.5 Å². The summed E-state index contributed by atoms with van der Waals surface area (Å²) in [5.74, 6) is 0. The van der Waals surface area contributed by atoms with Crippen molar-refractivity contribution < 1.29 is 18.3 Å². The summed E-state index contributed by atoms with van der Waals surface area (Å²) in [5, 5.41) is 11.1. The molecule has 11 heteroatoms. The molecular weight excluding hydrogens is 487 g/mol. The summed E-state index contributed by atoms with van der Waals surface area (Å²) in [4.78, 5) is 28.9. The van der Waals surface area contributed by atoms with Gasteiger partial charge in [0.15, 0.2) is 0 Å². The molecule has 3 aromatic heterocycles. The zero-order chi connectivity index (χ0) is 26.5. The topological polar surface area (TPSA) is 86.5 Å². The lowest BCUT2D eigenvalue weighted by Gasteiger charge is -2.26. The number of hydrogen-bond acceptors (Lipinski definition) is 5. The average molecular weight is 512 g/mol. The van der Waals surface area contributed by atoms with Gasteiger partial charge in [-0.25, -0.2) is 10.0 Å². The predicted octanol–water partition coefficient (Wildman–Crippen LogP) is 3.38. The van der Waals surface area contributed by atoms with Crippen LogP contribution in [-0.2, 0) is 13.6 Å². The molecule has 0 aliphatic carbocycles. The number of likely N-dealkylation sites (N-methyl/N-ethyl adjacent to an activating group) is 1. The lowest BCUT2D eigenvalue weighted by atomic mass is 9.95. The van der Waals surface area contributed by atoms with Gasteiger partial charge in [-0.2, -0.15) is 0 Å². The summed E-state index contributed by atoms with van der Waals surface area (Å²) >= 11 is 0. The van der Waals surface area contributed by atoms with Crippen LogP contribution in [0.5, 0.6) is 0 Å². The third-order valence-electron chi connectivity index (χ3n) is 6.46. The molecule has 0 saturated carbocycles. The Hall–Kier alpha value is -4.09. The smallest absolute Gasteiger partial charge is 0.395 e. The van der Waals surface area contributed by atoms with Gasteiger partial charge in [-0.1, -0.05) is 30.3 Å². The van der Waals surface area contributed by atoms with Gasteiger partial charge in [0.05, 0.1) is 6.61 Å². The third kappa shape index (κ3) is 4.36. The molecule has 4 aromatic rings. The Morgan fingerprint density at radius 3 is 2.38 bits per heavy atom. The lowest BCUT2D eigenvalue weighted by molar-refractivity contribution is -0.280. The number of aliphatic hydroxyl groups excluding tert-OH is 1. The first-order chi connectivity index (χ1) is 17.6. The number of H-pyrrole nitrogens is 1. The Balaban J connectivity index is 1.75. The number of halogens is 3. The normalized spacial score (nSPS) is 14.5. The van der Waals surface area contributed by atoms with Crippen LogP contribution in [0.3, 0.4) is 0 Å². The number of nitrogens with one attached hydrogen (secondary N) is 1. The van der Waals surface area contributed by atoms with Crippen LogP contribution in [0.15, 0.2) is 70.6 Å². The number of pyridine rings is 2. The van der Waals surface area contributed by atoms with Gasteiger partial charge in [0.25, 0.3) is 11.1 Å². The average Bonchev–Trinajstić information content (AvgIpc) is 3.47. The minimum atomic E-state index is -4.58. The highest BCUT2D eigenvalue weighted by Crippen LogP contribution is 2.37. The maximum Gasteiger partial charge on any atom is 0.498 e. The number of fused-ring (bicyclic) bond motifs is 1. The molecule has 0 spiro atoms. The molecule has 1 aromatic carbocycles. The van der Waals surface area contributed by atoms with E-state index in [1.165, 1.54) is 22.2 Å². The van der Waals surface area contributed by atoms with E-state index in [2.05, 4.69) is 4.98 Å². The molecule has 0 fully saturated rings. The Morgan fingerprint density at radius 1 is 1.00 bits per heavy atom. The molecular formula is C26H24F3N5O3. The molecule has 4 heterocycles. The van der Waals surface area contributed by atoms with E-state index in [0.717, 1.165) is 16.8 Å². The Kier molecular flexibility index (Phi) is 6.04. The van der Waals surface area contributed by atoms with E-state index in [-0.39, 0.29) is 41.3 Å². The number of aryl methyl sites for hydroxylation is 1. The molecule has 0 atom stereocenters. The fraction of sp³-hybridized carbons (Fsp3) is 0.231. The second-order valence-electron chi connectivity index (χ2n) is 8.94. The Bertz CT molecular complexity index is 1630. The number of alkyl halides is 3. The van der Waals surface area contributed by atoms with Crippen LogP contribution in [0.4, 0.5) is 13.2 Å². The zero-order valence-corrected chi connectivity index (χ0v) is 20.1. The third-order valence-corrected chi connectivity index (χ3v) is 6.46. The number of aromatic nitrogens is 3. The van der Waals surface area contributed by atoms with E-state index in [0.29, 0.717) is 33.3 Å². The maximum atomic E-state index is 13.4. The molecule has 0 radical (unpaired) electrons. The number of nitrogens with zero attached hydrogens (tertiary/aromatic N) is 4. The summed E-state index contributed by atoms with van der Waals surface area (Å²) in [7, 11) is 2.91. The summed E-state index contributed by atoms with van der Waals surface area (Å²) < 4.78 is 42.9. The molecule has 8 nitrogen and oxygen atoms in total. The van der Waals surface area contributed by atoms with Gasteiger partial charge in [-0.3, -0.25) is 9.59 Å². The number of aromatic amines is 1. The first-order valence-electron chi connectivity index (χ1n) is 11.5. The summed E-state index contributed by atoms with van der Waals surface area (Å²) in [6, 6.07) is 12.5. The number of aliphatic hydroxyl groups is 1. The molecule has 5 rings (SSSR count). The van der Waals surface area contributed by atoms with Gasteiger partial charge in [-0.15, -0.1) is 13.2 Å². The van der Waals surface area contributed by atoms with Crippen LogP contribution in [0, 0.1) is 0 Å². The highest BCUT2D eigenvalue weighted by molar-refractivity contribution is 6.00. The van der Waals surface area contributed by atoms with Crippen LogP contribution in [0.25, 0.3) is 38.7 Å². The number of rotatable bonds is 5. The van der Waals surface area contributed by atoms with Crippen molar-refractivity contribution >= 4 is 16.5 Å². The van der Waals surface area contributed by atoms with Crippen LogP contribution in [-0.4, -0.2) is 55.7 Å². The van der Waals surface area contributed by atoms with Crippen LogP contribution < -0.4 is 11.1 Å². The highest BCUT2D eigenvalue weighted by Gasteiger charge is 2.41. The summed E-state index contributed by atoms with van der Waals surface area (Å²) in [6.45, 7) is -0.0982. The van der Waals surface area contributed by atoms with Crippen molar-refractivity contribution in [2.45, 2.75) is 12.8 Å². The van der Waals surface area contributed by atoms with Crippen LogP contribution in [0.2, 0.25) is 0 Å².